The van der Waals surface area contributed by atoms with E-state index in [2.05, 4.69) is 10.2 Å². The number of primary amides is 1. The highest BCUT2D eigenvalue weighted by Gasteiger charge is 2.26. The second-order valence-electron chi connectivity index (χ2n) is 7.57. The van der Waals surface area contributed by atoms with E-state index in [1.165, 1.54) is 25.3 Å². The highest BCUT2D eigenvalue weighted by atomic mass is 32.1. The Balaban J connectivity index is 1.64. The molecule has 0 unspecified atom stereocenters. The van der Waals surface area contributed by atoms with E-state index in [0.29, 0.717) is 24.2 Å². The number of hydrogen-bond acceptors (Lipinski definition) is 3. The summed E-state index contributed by atoms with van der Waals surface area (Å²) in [6, 6.07) is 4.84. The van der Waals surface area contributed by atoms with Crippen LogP contribution in [0.5, 0.6) is 0 Å². The summed E-state index contributed by atoms with van der Waals surface area (Å²) in [6.07, 6.45) is 6.78. The molecule has 7 heteroatoms. The predicted molar refractivity (Wildman–Crippen MR) is 110 cm³/mol. The number of thiocarbonyl (C=S) groups is 1. The quantitative estimate of drug-likeness (QED) is 0.729. The molecule has 148 valence electrons. The van der Waals surface area contributed by atoms with Crippen LogP contribution in [-0.4, -0.2) is 47.6 Å². The van der Waals surface area contributed by atoms with E-state index in [4.69, 9.17) is 18.0 Å². The lowest BCUT2D eigenvalue weighted by molar-refractivity contribution is -0.121. The largest absolute Gasteiger partial charge is 0.369 e. The van der Waals surface area contributed by atoms with Crippen LogP contribution in [0.25, 0.3) is 0 Å². The summed E-state index contributed by atoms with van der Waals surface area (Å²) in [5.74, 6) is -0.580. The highest BCUT2D eigenvalue weighted by molar-refractivity contribution is 7.80. The van der Waals surface area contributed by atoms with E-state index in [1.54, 1.807) is 13.0 Å². The van der Waals surface area contributed by atoms with Crippen molar-refractivity contribution in [2.24, 2.45) is 5.73 Å². The molecule has 0 spiro atoms. The summed E-state index contributed by atoms with van der Waals surface area (Å²) in [5.41, 5.74) is 7.66. The third-order valence-corrected chi connectivity index (χ3v) is 6.07. The smallest absolute Gasteiger partial charge is 0.239 e. The predicted octanol–water partition coefficient (Wildman–Crippen LogP) is 2.57. The lowest BCUT2D eigenvalue weighted by Crippen LogP contribution is -2.54. The molecule has 2 aliphatic rings. The summed E-state index contributed by atoms with van der Waals surface area (Å²) in [5, 5.41) is 4.04. The summed E-state index contributed by atoms with van der Waals surface area (Å²) in [6.45, 7) is 3.95. The number of carbonyl (C=O) groups excluding carboxylic acids is 1. The first-order valence-corrected chi connectivity index (χ1v) is 10.3. The van der Waals surface area contributed by atoms with E-state index in [-0.39, 0.29) is 11.7 Å². The number of fused-ring (bicyclic) bond motifs is 1. The van der Waals surface area contributed by atoms with Crippen LogP contribution >= 0.6 is 12.2 Å². The maximum Gasteiger partial charge on any atom is 0.239 e. The van der Waals surface area contributed by atoms with E-state index in [1.807, 2.05) is 11.0 Å². The normalized spacial score (nSPS) is 18.1. The molecule has 3 N–H and O–H groups in total. The lowest BCUT2D eigenvalue weighted by Gasteiger charge is -2.34. The van der Waals surface area contributed by atoms with Crippen molar-refractivity contribution in [1.29, 1.82) is 0 Å². The molecule has 1 aromatic carbocycles. The van der Waals surface area contributed by atoms with Crippen molar-refractivity contribution in [3.8, 4) is 0 Å². The zero-order valence-corrected chi connectivity index (χ0v) is 16.7. The topological polar surface area (TPSA) is 61.6 Å². The Kier molecular flexibility index (Phi) is 6.52. The van der Waals surface area contributed by atoms with Gasteiger partial charge in [0.2, 0.25) is 5.91 Å². The van der Waals surface area contributed by atoms with E-state index >= 15 is 0 Å². The van der Waals surface area contributed by atoms with Gasteiger partial charge < -0.3 is 20.9 Å². The van der Waals surface area contributed by atoms with E-state index in [9.17, 15) is 9.18 Å². The van der Waals surface area contributed by atoms with Crippen molar-refractivity contribution in [2.45, 2.75) is 57.5 Å². The minimum atomic E-state index is -0.469. The van der Waals surface area contributed by atoms with Gasteiger partial charge >= 0.3 is 0 Å². The van der Waals surface area contributed by atoms with Crippen LogP contribution in [0, 0.1) is 5.82 Å². The number of nitrogens with one attached hydrogen (secondary N) is 1. The van der Waals surface area contributed by atoms with Gasteiger partial charge in [-0.2, -0.15) is 0 Å². The lowest BCUT2D eigenvalue weighted by atomic mass is 9.96. The second kappa shape index (κ2) is 8.87. The van der Waals surface area contributed by atoms with Gasteiger partial charge in [-0.1, -0.05) is 19.3 Å². The number of nitrogens with two attached hydrogens (primary N) is 1. The number of benzene rings is 1. The molecule has 0 bridgehead atoms. The molecule has 1 aliphatic heterocycles. The molecular weight excluding hydrogens is 363 g/mol. The van der Waals surface area contributed by atoms with Gasteiger partial charge in [0, 0.05) is 31.4 Å². The molecule has 1 fully saturated rings. The molecular formula is C20H29FN4OS. The first kappa shape index (κ1) is 19.9. The Morgan fingerprint density at radius 3 is 2.85 bits per heavy atom. The van der Waals surface area contributed by atoms with E-state index < -0.39 is 6.04 Å². The zero-order chi connectivity index (χ0) is 19.4. The third kappa shape index (κ3) is 4.89. The molecule has 5 nitrogen and oxygen atoms in total. The maximum absolute atomic E-state index is 13.4. The van der Waals surface area contributed by atoms with Crippen LogP contribution in [0.2, 0.25) is 0 Å². The minimum Gasteiger partial charge on any atom is -0.369 e. The van der Waals surface area contributed by atoms with Crippen LogP contribution in [-0.2, 0) is 11.2 Å². The van der Waals surface area contributed by atoms with Crippen LogP contribution < -0.4 is 16.0 Å². The Morgan fingerprint density at radius 1 is 1.41 bits per heavy atom. The maximum atomic E-state index is 13.4. The van der Waals surface area contributed by atoms with Gasteiger partial charge in [0.1, 0.15) is 11.9 Å². The van der Waals surface area contributed by atoms with E-state index in [0.717, 1.165) is 37.1 Å². The molecule has 1 amide bonds. The molecule has 27 heavy (non-hydrogen) atoms. The van der Waals surface area contributed by atoms with Gasteiger partial charge in [-0.15, -0.1) is 0 Å². The summed E-state index contributed by atoms with van der Waals surface area (Å²) in [4.78, 5) is 15.9. The van der Waals surface area contributed by atoms with Gasteiger partial charge in [0.15, 0.2) is 5.11 Å². The molecule has 1 atom stereocenters. The fourth-order valence-corrected chi connectivity index (χ4v) is 4.44. The fourth-order valence-electron chi connectivity index (χ4n) is 4.03. The number of anilines is 1. The number of carbonyl (C=O) groups is 1. The Bertz CT molecular complexity index is 693. The number of rotatable bonds is 6. The third-order valence-electron chi connectivity index (χ3n) is 5.72. The Morgan fingerprint density at radius 2 is 2.15 bits per heavy atom. The highest BCUT2D eigenvalue weighted by Crippen LogP contribution is 2.28. The fraction of sp³-hybridized carbons (Fsp3) is 0.600. The van der Waals surface area contributed by atoms with Gasteiger partial charge in [-0.25, -0.2) is 4.39 Å². The Hall–Kier alpha value is -1.89. The van der Waals surface area contributed by atoms with Gasteiger partial charge in [-0.3, -0.25) is 4.79 Å². The summed E-state index contributed by atoms with van der Waals surface area (Å²) >= 11 is 5.63. The van der Waals surface area contributed by atoms with Crippen molar-refractivity contribution < 1.29 is 9.18 Å². The average molecular weight is 393 g/mol. The van der Waals surface area contributed by atoms with Crippen molar-refractivity contribution >= 4 is 28.9 Å². The minimum absolute atomic E-state index is 0.197. The SMILES string of the molecule is C[C@@H](C(N)=O)N(CCN1CCc2cc(F)ccc21)C(=S)NC1CCCCC1. The molecule has 0 saturated heterocycles. The first-order valence-electron chi connectivity index (χ1n) is 9.85. The number of hydrogen-bond donors (Lipinski definition) is 2. The van der Waals surface area contributed by atoms with Crippen molar-refractivity contribution in [1.82, 2.24) is 10.2 Å². The summed E-state index contributed by atoms with van der Waals surface area (Å²) < 4.78 is 13.4. The van der Waals surface area contributed by atoms with Crippen LogP contribution in [0.4, 0.5) is 10.1 Å². The standard InChI is InChI=1S/C20H29FN4OS/c1-14(19(22)26)25(20(27)23-17-5-3-2-4-6-17)12-11-24-10-9-15-13-16(21)7-8-18(15)24/h7-8,13-14,17H,2-6,9-12H2,1H3,(H2,22,26)(H,23,27)/t14-/m0/s1. The van der Waals surface area contributed by atoms with Crippen molar-refractivity contribution in [2.75, 3.05) is 24.5 Å². The van der Waals surface area contributed by atoms with Crippen LogP contribution in [0.1, 0.15) is 44.6 Å². The number of amides is 1. The zero-order valence-electron chi connectivity index (χ0n) is 15.9. The first-order chi connectivity index (χ1) is 13.0. The summed E-state index contributed by atoms with van der Waals surface area (Å²) in [7, 11) is 0. The second-order valence-corrected chi connectivity index (χ2v) is 7.95. The van der Waals surface area contributed by atoms with Crippen LogP contribution in [0.3, 0.4) is 0 Å². The molecule has 0 radical (unpaired) electrons. The average Bonchev–Trinajstić information content (AvgIpc) is 3.04. The van der Waals surface area contributed by atoms with Gasteiger partial charge in [0.05, 0.1) is 0 Å². The Labute approximate surface area is 166 Å². The van der Waals surface area contributed by atoms with Crippen LogP contribution in [0.15, 0.2) is 18.2 Å². The molecule has 1 aliphatic carbocycles. The number of nitrogens with zero attached hydrogens (tertiary/aromatic N) is 2. The van der Waals surface area contributed by atoms with Crippen molar-refractivity contribution in [3.05, 3.63) is 29.6 Å². The van der Waals surface area contributed by atoms with Crippen molar-refractivity contribution in [3.63, 3.8) is 0 Å². The number of halogens is 1. The van der Waals surface area contributed by atoms with Gasteiger partial charge in [0.25, 0.3) is 0 Å². The molecule has 1 saturated carbocycles. The molecule has 3 rings (SSSR count). The molecule has 1 heterocycles. The van der Waals surface area contributed by atoms with Gasteiger partial charge in [-0.05, 0) is 62.2 Å². The molecule has 0 aromatic heterocycles. The molecule has 1 aromatic rings. The monoisotopic (exact) mass is 392 g/mol.